The maximum atomic E-state index is 13.0. The molecular weight excluding hydrogens is 512 g/mol. The van der Waals surface area contributed by atoms with Gasteiger partial charge < -0.3 is 19.2 Å². The molecule has 192 valence electrons. The summed E-state index contributed by atoms with van der Waals surface area (Å²) in [5.74, 6) is 0.595. The van der Waals surface area contributed by atoms with Gasteiger partial charge in [0.05, 0.1) is 10.9 Å². The van der Waals surface area contributed by atoms with Gasteiger partial charge in [0, 0.05) is 10.9 Å². The summed E-state index contributed by atoms with van der Waals surface area (Å²) in [6, 6.07) is 24.4. The molecule has 0 radical (unpaired) electrons. The molecule has 3 aromatic carbocycles. The molecule has 1 aliphatic rings. The van der Waals surface area contributed by atoms with Crippen molar-refractivity contribution >= 4 is 33.2 Å². The van der Waals surface area contributed by atoms with Crippen LogP contribution in [0.3, 0.4) is 0 Å². The molecular formula is C31H22N2O5S. The lowest BCUT2D eigenvalue weighted by molar-refractivity contribution is -0.118. The second kappa shape index (κ2) is 10.5. The number of rotatable bonds is 7. The highest BCUT2D eigenvalue weighted by Gasteiger charge is 2.23. The van der Waals surface area contributed by atoms with Gasteiger partial charge >= 0.3 is 0 Å². The van der Waals surface area contributed by atoms with E-state index in [1.54, 1.807) is 30.3 Å². The minimum absolute atomic E-state index is 0.0687. The molecule has 6 rings (SSSR count). The second-order valence-corrected chi connectivity index (χ2v) is 10.2. The van der Waals surface area contributed by atoms with Crippen molar-refractivity contribution in [1.82, 2.24) is 0 Å². The number of benzene rings is 3. The Morgan fingerprint density at radius 3 is 2.56 bits per heavy atom. The molecule has 0 aliphatic heterocycles. The minimum atomic E-state index is -0.366. The number of aryl methyl sites for hydroxylation is 1. The number of nitrogens with one attached hydrogen (secondary N) is 1. The molecule has 2 aromatic heterocycles. The number of carbonyl (C=O) groups is 1. The highest BCUT2D eigenvalue weighted by atomic mass is 32.1. The third-order valence-electron chi connectivity index (χ3n) is 6.56. The van der Waals surface area contributed by atoms with Crippen molar-refractivity contribution in [2.45, 2.75) is 19.3 Å². The van der Waals surface area contributed by atoms with E-state index in [-0.39, 0.29) is 23.7 Å². The summed E-state index contributed by atoms with van der Waals surface area (Å²) in [4.78, 5) is 26.7. The van der Waals surface area contributed by atoms with Gasteiger partial charge in [-0.15, -0.1) is 11.3 Å². The summed E-state index contributed by atoms with van der Waals surface area (Å²) < 4.78 is 17.1. The lowest BCUT2D eigenvalue weighted by Crippen LogP contribution is -2.20. The standard InChI is InChI=1S/C31H22N2O5S/c32-16-25-23-7-4-8-28(23)39-31(25)33-29(34)18-36-22-13-14-24-26(15-22)37-17-27(30(24)35)38-21-11-9-20(10-12-21)19-5-2-1-3-6-19/h1-3,5-6,9-15,17H,4,7-8,18H2,(H,33,34). The van der Waals surface area contributed by atoms with Crippen molar-refractivity contribution in [2.24, 2.45) is 0 Å². The van der Waals surface area contributed by atoms with Gasteiger partial charge in [0.2, 0.25) is 11.2 Å². The third-order valence-corrected chi connectivity index (χ3v) is 7.77. The monoisotopic (exact) mass is 534 g/mol. The number of ether oxygens (including phenoxy) is 2. The minimum Gasteiger partial charge on any atom is -0.484 e. The van der Waals surface area contributed by atoms with Crippen molar-refractivity contribution in [3.05, 3.63) is 105 Å². The number of hydrogen-bond donors (Lipinski definition) is 1. The van der Waals surface area contributed by atoms with Crippen LogP contribution < -0.4 is 20.2 Å². The molecule has 0 unspecified atom stereocenters. The molecule has 5 aromatic rings. The summed E-state index contributed by atoms with van der Waals surface area (Å²) in [5, 5.41) is 13.2. The van der Waals surface area contributed by atoms with E-state index in [2.05, 4.69) is 11.4 Å². The SMILES string of the molecule is N#Cc1c(NC(=O)COc2ccc3c(=O)c(Oc4ccc(-c5ccccc5)cc4)coc3c2)sc2c1CCC2. The number of carbonyl (C=O) groups excluding carboxylic acids is 1. The smallest absolute Gasteiger partial charge is 0.262 e. The summed E-state index contributed by atoms with van der Waals surface area (Å²) >= 11 is 1.46. The van der Waals surface area contributed by atoms with E-state index in [1.165, 1.54) is 22.5 Å². The quantitative estimate of drug-likeness (QED) is 0.250. The van der Waals surface area contributed by atoms with E-state index >= 15 is 0 Å². The molecule has 0 saturated heterocycles. The van der Waals surface area contributed by atoms with Crippen LogP contribution in [0.4, 0.5) is 5.00 Å². The normalized spacial score (nSPS) is 12.1. The summed E-state index contributed by atoms with van der Waals surface area (Å²) in [7, 11) is 0. The molecule has 0 atom stereocenters. The fourth-order valence-corrected chi connectivity index (χ4v) is 5.90. The van der Waals surface area contributed by atoms with Crippen molar-refractivity contribution < 1.29 is 18.7 Å². The van der Waals surface area contributed by atoms with Crippen molar-refractivity contribution in [2.75, 3.05) is 11.9 Å². The van der Waals surface area contributed by atoms with Gasteiger partial charge in [0.1, 0.15) is 34.4 Å². The fraction of sp³-hybridized carbons (Fsp3) is 0.129. The Morgan fingerprint density at radius 1 is 1.00 bits per heavy atom. The molecule has 1 aliphatic carbocycles. The first-order valence-corrected chi connectivity index (χ1v) is 13.3. The zero-order valence-corrected chi connectivity index (χ0v) is 21.5. The molecule has 7 nitrogen and oxygen atoms in total. The molecule has 0 bridgehead atoms. The van der Waals surface area contributed by atoms with Gasteiger partial charge in [-0.3, -0.25) is 9.59 Å². The van der Waals surface area contributed by atoms with Gasteiger partial charge in [-0.1, -0.05) is 42.5 Å². The van der Waals surface area contributed by atoms with Gasteiger partial charge in [-0.2, -0.15) is 5.26 Å². The Hall–Kier alpha value is -4.87. The van der Waals surface area contributed by atoms with E-state index in [9.17, 15) is 14.9 Å². The van der Waals surface area contributed by atoms with E-state index in [0.29, 0.717) is 33.0 Å². The Kier molecular flexibility index (Phi) is 6.57. The zero-order chi connectivity index (χ0) is 26.8. The van der Waals surface area contributed by atoms with Crippen LogP contribution in [-0.2, 0) is 17.6 Å². The molecule has 1 N–H and O–H groups in total. The van der Waals surface area contributed by atoms with Gasteiger partial charge in [-0.25, -0.2) is 0 Å². The zero-order valence-electron chi connectivity index (χ0n) is 20.7. The molecule has 0 fully saturated rings. The van der Waals surface area contributed by atoms with E-state index in [1.807, 2.05) is 42.5 Å². The van der Waals surface area contributed by atoms with Crippen LogP contribution in [0.15, 0.2) is 88.3 Å². The third kappa shape index (κ3) is 5.00. The van der Waals surface area contributed by atoms with E-state index in [4.69, 9.17) is 13.9 Å². The number of anilines is 1. The summed E-state index contributed by atoms with van der Waals surface area (Å²) in [6.45, 7) is -0.247. The van der Waals surface area contributed by atoms with Crippen molar-refractivity contribution in [3.63, 3.8) is 0 Å². The van der Waals surface area contributed by atoms with Crippen LogP contribution in [0.1, 0.15) is 22.4 Å². The Bertz CT molecular complexity index is 1780. The molecule has 39 heavy (non-hydrogen) atoms. The number of nitriles is 1. The summed E-state index contributed by atoms with van der Waals surface area (Å²) in [6.07, 6.45) is 4.12. The molecule has 2 heterocycles. The van der Waals surface area contributed by atoms with Crippen LogP contribution in [0.25, 0.3) is 22.1 Å². The van der Waals surface area contributed by atoms with Crippen LogP contribution in [-0.4, -0.2) is 12.5 Å². The molecule has 0 spiro atoms. The maximum Gasteiger partial charge on any atom is 0.262 e. The average molecular weight is 535 g/mol. The van der Waals surface area contributed by atoms with E-state index in [0.717, 1.165) is 36.0 Å². The Morgan fingerprint density at radius 2 is 1.77 bits per heavy atom. The van der Waals surface area contributed by atoms with Crippen molar-refractivity contribution in [1.29, 1.82) is 5.26 Å². The topological polar surface area (TPSA) is 102 Å². The maximum absolute atomic E-state index is 13.0. The lowest BCUT2D eigenvalue weighted by Gasteiger charge is -2.09. The first-order chi connectivity index (χ1) is 19.1. The van der Waals surface area contributed by atoms with Crippen LogP contribution in [0, 0.1) is 11.3 Å². The molecule has 1 amide bonds. The van der Waals surface area contributed by atoms with Gasteiger partial charge in [0.15, 0.2) is 6.61 Å². The number of hydrogen-bond acceptors (Lipinski definition) is 7. The number of thiophene rings is 1. The van der Waals surface area contributed by atoms with Gasteiger partial charge in [0.25, 0.3) is 5.91 Å². The molecule has 0 saturated carbocycles. The predicted molar refractivity (Wildman–Crippen MR) is 150 cm³/mol. The Balaban J connectivity index is 1.12. The van der Waals surface area contributed by atoms with Crippen LogP contribution in [0.2, 0.25) is 0 Å². The molecule has 8 heteroatoms. The number of amides is 1. The summed E-state index contributed by atoms with van der Waals surface area (Å²) in [5.41, 5.74) is 3.73. The Labute approximate surface area is 227 Å². The highest BCUT2D eigenvalue weighted by Crippen LogP contribution is 2.38. The number of fused-ring (bicyclic) bond motifs is 2. The predicted octanol–water partition coefficient (Wildman–Crippen LogP) is 6.69. The fourth-order valence-electron chi connectivity index (χ4n) is 4.65. The second-order valence-electron chi connectivity index (χ2n) is 9.09. The van der Waals surface area contributed by atoms with Crippen molar-refractivity contribution in [3.8, 4) is 34.4 Å². The van der Waals surface area contributed by atoms with E-state index < -0.39 is 0 Å². The van der Waals surface area contributed by atoms with Crippen LogP contribution >= 0.6 is 11.3 Å². The first kappa shape index (κ1) is 24.5. The highest BCUT2D eigenvalue weighted by molar-refractivity contribution is 7.16. The first-order valence-electron chi connectivity index (χ1n) is 12.5. The number of nitrogens with zero attached hydrogens (tertiary/aromatic N) is 1. The largest absolute Gasteiger partial charge is 0.484 e. The lowest BCUT2D eigenvalue weighted by atomic mass is 10.1. The average Bonchev–Trinajstić information content (AvgIpc) is 3.55. The van der Waals surface area contributed by atoms with Crippen LogP contribution in [0.5, 0.6) is 17.2 Å². The van der Waals surface area contributed by atoms with Gasteiger partial charge in [-0.05, 0) is 60.2 Å².